The quantitative estimate of drug-likeness (QED) is 0.146. The number of hydrogen-bond donors (Lipinski definition) is 2. The van der Waals surface area contributed by atoms with E-state index in [1.807, 2.05) is 37.6 Å². The minimum atomic E-state index is -1.12. The number of cyclic esters (lactones) is 1. The lowest BCUT2D eigenvalue weighted by molar-refractivity contribution is -0.156. The summed E-state index contributed by atoms with van der Waals surface area (Å²) in [5, 5.41) is 10.2. The van der Waals surface area contributed by atoms with Gasteiger partial charge in [-0.3, -0.25) is 24.4 Å². The first-order valence-corrected chi connectivity index (χ1v) is 22.4. The molecule has 2 amide bonds. The summed E-state index contributed by atoms with van der Waals surface area (Å²) in [6.45, 7) is 13.8. The number of benzene rings is 1. The Morgan fingerprint density at radius 3 is 2.75 bits per heavy atom. The Balaban J connectivity index is 1.25. The average molecular weight is 840 g/mol. The van der Waals surface area contributed by atoms with E-state index in [2.05, 4.69) is 65.3 Å². The van der Waals surface area contributed by atoms with E-state index in [0.29, 0.717) is 37.4 Å². The van der Waals surface area contributed by atoms with Gasteiger partial charge >= 0.3 is 5.97 Å². The van der Waals surface area contributed by atoms with Crippen LogP contribution in [0.1, 0.15) is 94.5 Å². The van der Waals surface area contributed by atoms with Gasteiger partial charge in [0.2, 0.25) is 5.91 Å². The van der Waals surface area contributed by atoms with Crippen molar-refractivity contribution in [3.63, 3.8) is 0 Å². The lowest BCUT2D eigenvalue weighted by Gasteiger charge is -2.37. The summed E-state index contributed by atoms with van der Waals surface area (Å²) < 4.78 is 20.6. The number of carbonyl (C=O) groups excluding carboxylic acids is 3. The highest BCUT2D eigenvalue weighted by molar-refractivity contribution is 7.10. The van der Waals surface area contributed by atoms with Gasteiger partial charge in [0.1, 0.15) is 23.2 Å². The van der Waals surface area contributed by atoms with E-state index in [1.165, 1.54) is 27.7 Å². The van der Waals surface area contributed by atoms with E-state index >= 15 is 0 Å². The number of nitrogens with zero attached hydrogens (tertiary/aromatic N) is 5. The topological polar surface area (TPSA) is 150 Å². The predicted molar refractivity (Wildman–Crippen MR) is 227 cm³/mol. The third kappa shape index (κ3) is 7.95. The number of nitrogens with one attached hydrogen (secondary N) is 2. The van der Waals surface area contributed by atoms with Gasteiger partial charge in [0, 0.05) is 83.0 Å². The Bertz CT molecular complexity index is 2340. The first-order chi connectivity index (χ1) is 28.4. The molecule has 6 bridgehead atoms. The summed E-state index contributed by atoms with van der Waals surface area (Å²) >= 11 is 2.90. The van der Waals surface area contributed by atoms with Gasteiger partial charge in [0.15, 0.2) is 0 Å². The van der Waals surface area contributed by atoms with Gasteiger partial charge < -0.3 is 24.1 Å². The van der Waals surface area contributed by atoms with Gasteiger partial charge in [-0.05, 0) is 75.8 Å². The Morgan fingerprint density at radius 2 is 2.00 bits per heavy atom. The molecule has 15 heteroatoms. The number of carbonyl (C=O) groups is 3. The molecule has 1 saturated carbocycles. The molecule has 1 aromatic carbocycles. The van der Waals surface area contributed by atoms with Gasteiger partial charge in [-0.15, -0.1) is 22.7 Å². The summed E-state index contributed by atoms with van der Waals surface area (Å²) in [6, 6.07) is 8.61. The van der Waals surface area contributed by atoms with Crippen molar-refractivity contribution in [3.05, 3.63) is 74.8 Å². The fraction of sp³-hybridized carbons (Fsp3) is 0.500. The van der Waals surface area contributed by atoms with Crippen LogP contribution >= 0.6 is 22.7 Å². The molecule has 3 aliphatic rings. The van der Waals surface area contributed by atoms with Gasteiger partial charge in [-0.25, -0.2) is 15.4 Å². The predicted octanol–water partition coefficient (Wildman–Crippen LogP) is 7.24. The minimum absolute atomic E-state index is 0.0277. The molecule has 7 atom stereocenters. The van der Waals surface area contributed by atoms with Crippen molar-refractivity contribution in [1.82, 2.24) is 35.3 Å². The Kier molecular flexibility index (Phi) is 11.8. The average Bonchev–Trinajstić information content (AvgIpc) is 3.69. The van der Waals surface area contributed by atoms with Crippen LogP contribution in [0.5, 0.6) is 0 Å². The molecule has 4 aromatic heterocycles. The molecule has 2 N–H and O–H groups in total. The lowest BCUT2D eigenvalue weighted by Crippen LogP contribution is -2.61. The van der Waals surface area contributed by atoms with Crippen LogP contribution in [0, 0.1) is 17.3 Å². The fourth-order valence-electron chi connectivity index (χ4n) is 8.89. The molecule has 312 valence electrons. The molecule has 0 unspecified atom stereocenters. The van der Waals surface area contributed by atoms with E-state index in [9.17, 15) is 14.4 Å². The smallest absolute Gasteiger partial charge is 0.324 e. The molecule has 1 saturated heterocycles. The van der Waals surface area contributed by atoms with Crippen molar-refractivity contribution in [2.24, 2.45) is 17.3 Å². The maximum atomic E-state index is 14.7. The molecule has 1 aliphatic carbocycles. The van der Waals surface area contributed by atoms with E-state index in [0.717, 1.165) is 50.4 Å². The van der Waals surface area contributed by atoms with Gasteiger partial charge in [0.25, 0.3) is 5.91 Å². The lowest BCUT2D eigenvalue weighted by atomic mass is 9.84. The summed E-state index contributed by atoms with van der Waals surface area (Å²) in [5.41, 5.74) is 12.1. The third-order valence-electron chi connectivity index (χ3n) is 12.1. The van der Waals surface area contributed by atoms with Crippen molar-refractivity contribution in [2.45, 2.75) is 97.6 Å². The number of ether oxygens (including phenoxy) is 3. The van der Waals surface area contributed by atoms with Crippen LogP contribution in [0.4, 0.5) is 0 Å². The monoisotopic (exact) mass is 839 g/mol. The number of esters is 1. The summed E-state index contributed by atoms with van der Waals surface area (Å²) in [6.07, 6.45) is 2.33. The number of methoxy groups -OCH3 is 1. The molecular weight excluding hydrogens is 787 g/mol. The van der Waals surface area contributed by atoms with Crippen LogP contribution in [-0.2, 0) is 41.6 Å². The van der Waals surface area contributed by atoms with E-state index < -0.39 is 35.5 Å². The maximum Gasteiger partial charge on any atom is 0.324 e. The molecule has 6 heterocycles. The summed E-state index contributed by atoms with van der Waals surface area (Å²) in [7, 11) is 1.69. The molecule has 59 heavy (non-hydrogen) atoms. The Labute approximate surface area is 352 Å². The summed E-state index contributed by atoms with van der Waals surface area (Å²) in [4.78, 5) is 57.1. The van der Waals surface area contributed by atoms with E-state index in [-0.39, 0.29) is 43.0 Å². The highest BCUT2D eigenvalue weighted by Crippen LogP contribution is 2.53. The molecule has 5 aromatic rings. The first-order valence-electron chi connectivity index (χ1n) is 20.6. The number of hydrazine groups is 1. The van der Waals surface area contributed by atoms with Crippen molar-refractivity contribution in [2.75, 3.05) is 26.9 Å². The van der Waals surface area contributed by atoms with Crippen molar-refractivity contribution >= 4 is 51.4 Å². The normalized spacial score (nSPS) is 25.0. The van der Waals surface area contributed by atoms with Crippen LogP contribution in [0.25, 0.3) is 33.4 Å². The largest absolute Gasteiger partial charge is 0.464 e. The third-order valence-corrected chi connectivity index (χ3v) is 13.6. The van der Waals surface area contributed by atoms with Gasteiger partial charge in [0.05, 0.1) is 41.0 Å². The SMILES string of the molecule is CCO[C@@H]1c2nc(cs2)-c2ccc3c(c2)c(c(-c2cccnc2[C@H](C)OC)n3CC)CC(C)(C)COC(=O)[C@@H]2CCCN(N2)C(=O)[C@H]1NC(=O)[C@H]1[C@H](C)[C@@H]1c1cscn1. The zero-order chi connectivity index (χ0) is 41.6. The van der Waals surface area contributed by atoms with Crippen LogP contribution in [0.15, 0.2) is 52.8 Å². The first kappa shape index (κ1) is 41.2. The van der Waals surface area contributed by atoms with Crippen LogP contribution < -0.4 is 10.7 Å². The number of hydrogen-bond acceptors (Lipinski definition) is 12. The minimum Gasteiger partial charge on any atom is -0.464 e. The zero-order valence-electron chi connectivity index (χ0n) is 34.7. The van der Waals surface area contributed by atoms with Crippen LogP contribution in [0.2, 0.25) is 0 Å². The number of rotatable bonds is 9. The molecule has 2 fully saturated rings. The molecule has 0 spiro atoms. The second-order valence-corrected chi connectivity index (χ2v) is 18.2. The number of amides is 2. The number of fused-ring (bicyclic) bond motifs is 6. The molecule has 2 aliphatic heterocycles. The van der Waals surface area contributed by atoms with Crippen molar-refractivity contribution in [1.29, 1.82) is 0 Å². The van der Waals surface area contributed by atoms with E-state index in [4.69, 9.17) is 24.2 Å². The molecular formula is C44H53N7O6S2. The Hall–Kier alpha value is -4.54. The van der Waals surface area contributed by atoms with Crippen molar-refractivity contribution in [3.8, 4) is 22.5 Å². The number of thiazole rings is 2. The highest BCUT2D eigenvalue weighted by Gasteiger charge is 2.54. The molecule has 8 rings (SSSR count). The molecule has 0 radical (unpaired) electrons. The van der Waals surface area contributed by atoms with Gasteiger partial charge in [-0.2, -0.15) is 0 Å². The fourth-order valence-corrected chi connectivity index (χ4v) is 10.4. The maximum absolute atomic E-state index is 14.7. The summed E-state index contributed by atoms with van der Waals surface area (Å²) in [5.74, 6) is -1.37. The van der Waals surface area contributed by atoms with Crippen molar-refractivity contribution < 1.29 is 28.6 Å². The zero-order valence-corrected chi connectivity index (χ0v) is 36.3. The standard InChI is InChI=1S/C44H53N7O6S2/c1-8-50-33-15-14-26-18-28(33)29(38(50)27-12-10-16-45-36(27)25(4)55-7)19-44(5,6)22-57-43(54)30-13-11-17-51(49-30)42(53)37(39(56-9-2)41-47-31(26)21-59-41)48-40(52)35-24(3)34(35)32-20-58-23-46-32/h10,12,14-16,18,20-21,23-25,30,34-35,37,39,49H,8-9,11,13,17,19,22H2,1-7H3,(H,48,52)/t24-,25+,30+,34-,35+,37+,39+/m1/s1. The number of aryl methyl sites for hydroxylation is 1. The van der Waals surface area contributed by atoms with Gasteiger partial charge in [-0.1, -0.05) is 26.8 Å². The Morgan fingerprint density at radius 1 is 1.17 bits per heavy atom. The highest BCUT2D eigenvalue weighted by atomic mass is 32.1. The second kappa shape index (κ2) is 16.8. The van der Waals surface area contributed by atoms with E-state index in [1.54, 1.807) is 18.8 Å². The van der Waals surface area contributed by atoms with Crippen LogP contribution in [-0.4, -0.2) is 81.3 Å². The van der Waals surface area contributed by atoms with Crippen LogP contribution in [0.3, 0.4) is 0 Å². The second-order valence-electron chi connectivity index (χ2n) is 16.6. The molecule has 13 nitrogen and oxygen atoms in total. The number of pyridine rings is 1. The number of aromatic nitrogens is 4.